The molecule has 1 fully saturated rings. The van der Waals surface area contributed by atoms with E-state index in [0.717, 1.165) is 15.8 Å². The summed E-state index contributed by atoms with van der Waals surface area (Å²) in [5.41, 5.74) is 1.31. The fraction of sp³-hybridized carbons (Fsp3) is 0.316. The molecule has 1 aliphatic rings. The van der Waals surface area contributed by atoms with E-state index in [1.807, 2.05) is 12.1 Å². The Bertz CT molecular complexity index is 890. The van der Waals surface area contributed by atoms with E-state index >= 15 is 0 Å². The Hall–Kier alpha value is -3.29. The van der Waals surface area contributed by atoms with Crippen LogP contribution in [0.3, 0.4) is 0 Å². The number of anilines is 1. The summed E-state index contributed by atoms with van der Waals surface area (Å²) in [7, 11) is 0. The molecule has 1 atom stereocenters. The lowest BCUT2D eigenvalue weighted by molar-refractivity contribution is -0.154. The van der Waals surface area contributed by atoms with Crippen LogP contribution in [0.25, 0.3) is 10.9 Å². The number of pyridine rings is 1. The van der Waals surface area contributed by atoms with Gasteiger partial charge in [0.2, 0.25) is 11.8 Å². The van der Waals surface area contributed by atoms with Gasteiger partial charge in [-0.2, -0.15) is 0 Å². The first-order chi connectivity index (χ1) is 13.0. The van der Waals surface area contributed by atoms with E-state index in [4.69, 9.17) is 4.74 Å². The molecule has 1 saturated heterocycles. The predicted molar refractivity (Wildman–Crippen MR) is 96.5 cm³/mol. The maximum absolute atomic E-state index is 12.3. The van der Waals surface area contributed by atoms with Crippen molar-refractivity contribution >= 4 is 40.3 Å². The van der Waals surface area contributed by atoms with Gasteiger partial charge in [-0.25, -0.2) is 0 Å². The number of carbonyl (C=O) groups is 4. The highest BCUT2D eigenvalue weighted by molar-refractivity contribution is 6.03. The van der Waals surface area contributed by atoms with Crippen LogP contribution in [0.1, 0.15) is 26.2 Å². The Balaban J connectivity index is 1.55. The molecule has 27 heavy (non-hydrogen) atoms. The molecule has 8 heteroatoms. The maximum atomic E-state index is 12.3. The molecular formula is C19H19N3O5. The quantitative estimate of drug-likeness (QED) is 0.613. The second-order valence-corrected chi connectivity index (χ2v) is 6.19. The molecule has 1 aromatic carbocycles. The highest BCUT2D eigenvalue weighted by Gasteiger charge is 2.29. The Labute approximate surface area is 155 Å². The summed E-state index contributed by atoms with van der Waals surface area (Å²) in [5.74, 6) is -1.70. The number of hydrogen-bond donors (Lipinski definition) is 1. The van der Waals surface area contributed by atoms with Gasteiger partial charge in [-0.05, 0) is 31.2 Å². The van der Waals surface area contributed by atoms with Crippen LogP contribution in [-0.2, 0) is 23.9 Å². The van der Waals surface area contributed by atoms with E-state index in [2.05, 4.69) is 10.3 Å². The first-order valence-electron chi connectivity index (χ1n) is 8.63. The van der Waals surface area contributed by atoms with Crippen molar-refractivity contribution in [2.24, 2.45) is 0 Å². The third-order valence-corrected chi connectivity index (χ3v) is 4.28. The van der Waals surface area contributed by atoms with Crippen LogP contribution in [0.2, 0.25) is 0 Å². The van der Waals surface area contributed by atoms with Crippen molar-refractivity contribution in [3.05, 3.63) is 36.5 Å². The number of esters is 1. The Morgan fingerprint density at radius 3 is 2.67 bits per heavy atom. The van der Waals surface area contributed by atoms with Crippen molar-refractivity contribution in [1.29, 1.82) is 0 Å². The van der Waals surface area contributed by atoms with Crippen LogP contribution in [-0.4, -0.2) is 46.2 Å². The molecule has 140 valence electrons. The highest BCUT2D eigenvalue weighted by atomic mass is 16.5. The van der Waals surface area contributed by atoms with E-state index in [1.54, 1.807) is 24.4 Å². The van der Waals surface area contributed by atoms with Gasteiger partial charge in [-0.1, -0.05) is 6.07 Å². The van der Waals surface area contributed by atoms with Crippen molar-refractivity contribution in [3.8, 4) is 0 Å². The summed E-state index contributed by atoms with van der Waals surface area (Å²) in [6.07, 6.45) is 0.843. The second kappa shape index (κ2) is 7.94. The van der Waals surface area contributed by atoms with E-state index in [1.165, 1.54) is 6.92 Å². The van der Waals surface area contributed by atoms with Gasteiger partial charge in [-0.15, -0.1) is 0 Å². The molecular weight excluding hydrogens is 350 g/mol. The fourth-order valence-corrected chi connectivity index (χ4v) is 2.83. The number of nitrogens with zero attached hydrogens (tertiary/aromatic N) is 2. The lowest BCUT2D eigenvalue weighted by Gasteiger charge is -2.16. The van der Waals surface area contributed by atoms with Gasteiger partial charge >= 0.3 is 5.97 Å². The lowest BCUT2D eigenvalue weighted by atomic mass is 10.2. The van der Waals surface area contributed by atoms with Crippen LogP contribution in [0.4, 0.5) is 5.69 Å². The van der Waals surface area contributed by atoms with E-state index in [-0.39, 0.29) is 37.6 Å². The number of nitrogens with one attached hydrogen (secondary N) is 1. The molecule has 1 aromatic heterocycles. The summed E-state index contributed by atoms with van der Waals surface area (Å²) in [6.45, 7) is 1.43. The van der Waals surface area contributed by atoms with Crippen LogP contribution >= 0.6 is 0 Å². The number of rotatable bonds is 6. The van der Waals surface area contributed by atoms with Gasteiger partial charge in [0.1, 0.15) is 0 Å². The number of hydrogen-bond acceptors (Lipinski definition) is 6. The number of likely N-dealkylation sites (tertiary alicyclic amines) is 1. The molecule has 0 bridgehead atoms. The molecule has 1 unspecified atom stereocenters. The zero-order chi connectivity index (χ0) is 19.4. The van der Waals surface area contributed by atoms with Crippen molar-refractivity contribution in [2.75, 3.05) is 11.9 Å². The number of imide groups is 1. The Morgan fingerprint density at radius 1 is 1.19 bits per heavy atom. The minimum atomic E-state index is -1.02. The molecule has 1 aliphatic heterocycles. The van der Waals surface area contributed by atoms with Gasteiger partial charge in [-0.3, -0.25) is 29.1 Å². The third-order valence-electron chi connectivity index (χ3n) is 4.28. The first kappa shape index (κ1) is 18.5. The third kappa shape index (κ3) is 4.28. The van der Waals surface area contributed by atoms with Crippen molar-refractivity contribution in [2.45, 2.75) is 32.3 Å². The number of ether oxygens (including phenoxy) is 1. The monoisotopic (exact) mass is 369 g/mol. The molecule has 0 radical (unpaired) electrons. The fourth-order valence-electron chi connectivity index (χ4n) is 2.83. The Kier molecular flexibility index (Phi) is 5.44. The average Bonchev–Trinajstić information content (AvgIpc) is 2.98. The predicted octanol–water partition coefficient (Wildman–Crippen LogP) is 1.64. The van der Waals surface area contributed by atoms with Gasteiger partial charge in [0, 0.05) is 31.0 Å². The number of carbonyl (C=O) groups excluding carboxylic acids is 4. The summed E-state index contributed by atoms with van der Waals surface area (Å²) in [4.78, 5) is 52.6. The van der Waals surface area contributed by atoms with E-state index in [0.29, 0.717) is 5.69 Å². The van der Waals surface area contributed by atoms with Gasteiger partial charge < -0.3 is 10.1 Å². The number of fused-ring (bicyclic) bond motifs is 1. The number of aromatic nitrogens is 1. The molecule has 1 N–H and O–H groups in total. The van der Waals surface area contributed by atoms with Crippen LogP contribution < -0.4 is 5.32 Å². The van der Waals surface area contributed by atoms with Gasteiger partial charge in [0.15, 0.2) is 6.10 Å². The zero-order valence-electron chi connectivity index (χ0n) is 14.8. The molecule has 2 aromatic rings. The SMILES string of the molecule is CC(OC(=O)CCN1C(=O)CCC1=O)C(=O)Nc1cccc2ncccc12. The van der Waals surface area contributed by atoms with Crippen molar-refractivity contribution in [3.63, 3.8) is 0 Å². The van der Waals surface area contributed by atoms with Gasteiger partial charge in [0.05, 0.1) is 17.6 Å². The molecule has 0 saturated carbocycles. The van der Waals surface area contributed by atoms with Crippen molar-refractivity contribution < 1.29 is 23.9 Å². The first-order valence-corrected chi connectivity index (χ1v) is 8.63. The summed E-state index contributed by atoms with van der Waals surface area (Å²) < 4.78 is 5.11. The van der Waals surface area contributed by atoms with Crippen LogP contribution in [0.15, 0.2) is 36.5 Å². The van der Waals surface area contributed by atoms with Crippen LogP contribution in [0, 0.1) is 0 Å². The second-order valence-electron chi connectivity index (χ2n) is 6.19. The maximum Gasteiger partial charge on any atom is 0.308 e. The Morgan fingerprint density at radius 2 is 1.93 bits per heavy atom. The molecule has 0 aliphatic carbocycles. The molecule has 3 rings (SSSR count). The average molecular weight is 369 g/mol. The smallest absolute Gasteiger partial charge is 0.308 e. The summed E-state index contributed by atoms with van der Waals surface area (Å²) >= 11 is 0. The highest BCUT2D eigenvalue weighted by Crippen LogP contribution is 2.21. The molecule has 2 heterocycles. The number of benzene rings is 1. The normalized spacial score (nSPS) is 15.1. The zero-order valence-corrected chi connectivity index (χ0v) is 14.8. The molecule has 3 amide bonds. The van der Waals surface area contributed by atoms with Gasteiger partial charge in [0.25, 0.3) is 5.91 Å². The molecule has 0 spiro atoms. The number of amides is 3. The van der Waals surface area contributed by atoms with Crippen molar-refractivity contribution in [1.82, 2.24) is 9.88 Å². The summed E-state index contributed by atoms with van der Waals surface area (Å²) in [6, 6.07) is 8.93. The lowest BCUT2D eigenvalue weighted by Crippen LogP contribution is -2.34. The standard InChI is InChI=1S/C19H19N3O5/c1-12(27-18(25)9-11-22-16(23)7-8-17(22)24)19(26)21-15-6-2-5-14-13(15)4-3-10-20-14/h2-6,10,12H,7-9,11H2,1H3,(H,21,26). The molecule has 8 nitrogen and oxygen atoms in total. The van der Waals surface area contributed by atoms with E-state index in [9.17, 15) is 19.2 Å². The van der Waals surface area contributed by atoms with E-state index < -0.39 is 18.0 Å². The minimum Gasteiger partial charge on any atom is -0.452 e. The topological polar surface area (TPSA) is 106 Å². The minimum absolute atomic E-state index is 0.0279. The van der Waals surface area contributed by atoms with Crippen LogP contribution in [0.5, 0.6) is 0 Å². The summed E-state index contributed by atoms with van der Waals surface area (Å²) in [5, 5.41) is 3.50. The largest absolute Gasteiger partial charge is 0.452 e.